The van der Waals surface area contributed by atoms with Gasteiger partial charge in [-0.15, -0.1) is 33.2 Å². The lowest BCUT2D eigenvalue weighted by Crippen LogP contribution is -2.32. The molecule has 0 saturated carbocycles. The molecule has 0 radical (unpaired) electrons. The molecule has 0 spiro atoms. The Morgan fingerprint density at radius 3 is 2.08 bits per heavy atom. The van der Waals surface area contributed by atoms with Crippen LogP contribution >= 0.6 is 33.2 Å². The first-order valence-electron chi connectivity index (χ1n) is 3.55. The largest absolute Gasteiger partial charge is 0.373 e. The Hall–Kier alpha value is 0.307. The molecule has 1 aromatic rings. The lowest BCUT2D eigenvalue weighted by atomic mass is 10.2. The summed E-state index contributed by atoms with van der Waals surface area (Å²) < 4.78 is 0. The Morgan fingerprint density at radius 2 is 1.67 bits per heavy atom. The summed E-state index contributed by atoms with van der Waals surface area (Å²) in [6.45, 7) is 3.99. The van der Waals surface area contributed by atoms with Gasteiger partial charge in [0.2, 0.25) is 0 Å². The van der Waals surface area contributed by atoms with E-state index in [1.54, 1.807) is 0 Å². The van der Waals surface area contributed by atoms with Gasteiger partial charge in [-0.25, -0.2) is 0 Å². The highest BCUT2D eigenvalue weighted by atomic mass is 35.8. The fourth-order valence-corrected chi connectivity index (χ4v) is 3.83. The van der Waals surface area contributed by atoms with Crippen molar-refractivity contribution in [3.63, 3.8) is 0 Å². The summed E-state index contributed by atoms with van der Waals surface area (Å²) >= 11 is 17.7. The van der Waals surface area contributed by atoms with Crippen LogP contribution in [-0.2, 0) is 0 Å². The van der Waals surface area contributed by atoms with Crippen LogP contribution in [0.2, 0.25) is 0 Å². The Balaban J connectivity index is 3.19. The van der Waals surface area contributed by atoms with Crippen LogP contribution in [0.25, 0.3) is 0 Å². The second kappa shape index (κ2) is 3.58. The summed E-state index contributed by atoms with van der Waals surface area (Å²) in [4.78, 5) is 0. The number of halogens is 3. The van der Waals surface area contributed by atoms with Crippen LogP contribution in [0.3, 0.4) is 0 Å². The average molecular weight is 240 g/mol. The van der Waals surface area contributed by atoms with Gasteiger partial charge in [-0.3, -0.25) is 0 Å². The quantitative estimate of drug-likeness (QED) is 0.522. The molecule has 66 valence electrons. The molecule has 0 aliphatic carbocycles. The smallest absolute Gasteiger partial charge is 0.121 e. The van der Waals surface area contributed by atoms with Crippen molar-refractivity contribution in [2.24, 2.45) is 0 Å². The van der Waals surface area contributed by atoms with Crippen molar-refractivity contribution < 1.29 is 0 Å². The normalized spacial score (nSPS) is 11.8. The second-order valence-electron chi connectivity index (χ2n) is 2.82. The molecular formula is C8H9Cl3Si. The molecule has 12 heavy (non-hydrogen) atoms. The fraction of sp³-hybridized carbons (Fsp3) is 0.250. The average Bonchev–Trinajstić information content (AvgIpc) is 1.83. The van der Waals surface area contributed by atoms with E-state index in [0.29, 0.717) is 0 Å². The maximum absolute atomic E-state index is 5.89. The Labute approximate surface area is 87.6 Å². The summed E-state index contributed by atoms with van der Waals surface area (Å²) in [5.41, 5.74) is 2.26. The molecule has 0 bridgehead atoms. The minimum Gasteiger partial charge on any atom is -0.121 e. The number of benzene rings is 1. The van der Waals surface area contributed by atoms with Gasteiger partial charge in [0, 0.05) is 0 Å². The van der Waals surface area contributed by atoms with E-state index in [1.807, 2.05) is 32.0 Å². The van der Waals surface area contributed by atoms with Crippen molar-refractivity contribution in [1.82, 2.24) is 0 Å². The standard InChI is InChI=1S/C8H9Cl3Si/c1-6-3-4-8(7(2)5-6)12(9,10)11/h3-5H,1-2H3. The summed E-state index contributed by atoms with van der Waals surface area (Å²) in [5.74, 6) is 0. The molecule has 0 fully saturated rings. The maximum atomic E-state index is 5.89. The zero-order valence-electron chi connectivity index (χ0n) is 6.87. The molecule has 0 amide bonds. The molecule has 0 aliphatic heterocycles. The lowest BCUT2D eigenvalue weighted by Gasteiger charge is -2.11. The summed E-state index contributed by atoms with van der Waals surface area (Å²) in [7, 11) is 0. The van der Waals surface area contributed by atoms with Crippen LogP contribution in [-0.4, -0.2) is 6.00 Å². The molecule has 0 aliphatic rings. The van der Waals surface area contributed by atoms with E-state index in [2.05, 4.69) is 0 Å². The highest BCUT2D eigenvalue weighted by molar-refractivity contribution is 7.69. The summed E-state index contributed by atoms with van der Waals surface area (Å²) in [6, 6.07) is 3.22. The Kier molecular flexibility index (Phi) is 3.10. The molecule has 0 unspecified atom stereocenters. The Morgan fingerprint density at radius 1 is 1.08 bits per heavy atom. The zero-order chi connectivity index (χ0) is 9.35. The first-order valence-corrected chi connectivity index (χ1v) is 8.59. The van der Waals surface area contributed by atoms with Gasteiger partial charge in [-0.2, -0.15) is 0 Å². The molecule has 0 heterocycles. The Bertz CT molecular complexity index is 291. The molecule has 0 atom stereocenters. The van der Waals surface area contributed by atoms with Crippen molar-refractivity contribution in [3.05, 3.63) is 29.3 Å². The molecule has 1 rings (SSSR count). The van der Waals surface area contributed by atoms with Gasteiger partial charge in [0.05, 0.1) is 0 Å². The van der Waals surface area contributed by atoms with Gasteiger partial charge in [-0.1, -0.05) is 23.8 Å². The van der Waals surface area contributed by atoms with Crippen molar-refractivity contribution in [1.29, 1.82) is 0 Å². The minimum absolute atomic E-state index is 0.887. The van der Waals surface area contributed by atoms with Crippen LogP contribution in [0.5, 0.6) is 0 Å². The van der Waals surface area contributed by atoms with Gasteiger partial charge in [0.1, 0.15) is 0 Å². The van der Waals surface area contributed by atoms with Gasteiger partial charge < -0.3 is 0 Å². The van der Waals surface area contributed by atoms with Crippen LogP contribution in [0.1, 0.15) is 11.1 Å². The van der Waals surface area contributed by atoms with Gasteiger partial charge >= 0.3 is 6.00 Å². The molecular weight excluding hydrogens is 231 g/mol. The summed E-state index contributed by atoms with van der Waals surface area (Å²) in [5, 5.41) is 0.887. The predicted octanol–water partition coefficient (Wildman–Crippen LogP) is 3.17. The van der Waals surface area contributed by atoms with Gasteiger partial charge in [0.25, 0.3) is 0 Å². The van der Waals surface area contributed by atoms with Crippen LogP contribution < -0.4 is 5.19 Å². The number of rotatable bonds is 1. The molecule has 0 aromatic heterocycles. The van der Waals surface area contributed by atoms with E-state index in [9.17, 15) is 0 Å². The van der Waals surface area contributed by atoms with E-state index < -0.39 is 6.00 Å². The van der Waals surface area contributed by atoms with Gasteiger partial charge in [0.15, 0.2) is 0 Å². The summed E-state index contributed by atoms with van der Waals surface area (Å²) in [6.07, 6.45) is 0. The lowest BCUT2D eigenvalue weighted by molar-refractivity contribution is 1.41. The highest BCUT2D eigenvalue weighted by Crippen LogP contribution is 2.21. The third kappa shape index (κ3) is 2.40. The van der Waals surface area contributed by atoms with Crippen LogP contribution in [0.15, 0.2) is 18.2 Å². The number of hydrogen-bond donors (Lipinski definition) is 0. The maximum Gasteiger partial charge on any atom is 0.373 e. The van der Waals surface area contributed by atoms with Crippen molar-refractivity contribution in [3.8, 4) is 0 Å². The van der Waals surface area contributed by atoms with Crippen molar-refractivity contribution >= 4 is 44.4 Å². The van der Waals surface area contributed by atoms with Gasteiger partial charge in [-0.05, 0) is 24.6 Å². The molecule has 0 nitrogen and oxygen atoms in total. The molecule has 4 heteroatoms. The first-order chi connectivity index (χ1) is 5.41. The second-order valence-corrected chi connectivity index (χ2v) is 11.2. The SMILES string of the molecule is Cc1ccc([Si](Cl)(Cl)Cl)c(C)c1. The third-order valence-corrected chi connectivity index (χ3v) is 4.69. The van der Waals surface area contributed by atoms with Crippen LogP contribution in [0, 0.1) is 13.8 Å². The molecule has 0 N–H and O–H groups in total. The molecule has 1 aromatic carbocycles. The van der Waals surface area contributed by atoms with Crippen LogP contribution in [0.4, 0.5) is 0 Å². The topological polar surface area (TPSA) is 0 Å². The fourth-order valence-electron chi connectivity index (χ4n) is 1.13. The first kappa shape index (κ1) is 10.4. The van der Waals surface area contributed by atoms with E-state index in [1.165, 1.54) is 5.56 Å². The van der Waals surface area contributed by atoms with E-state index in [0.717, 1.165) is 10.8 Å². The third-order valence-electron chi connectivity index (χ3n) is 1.69. The number of aryl methyl sites for hydroxylation is 2. The minimum atomic E-state index is -2.68. The highest BCUT2D eigenvalue weighted by Gasteiger charge is 2.29. The predicted molar refractivity (Wildman–Crippen MR) is 58.9 cm³/mol. The molecule has 0 saturated heterocycles. The van der Waals surface area contributed by atoms with Crippen molar-refractivity contribution in [2.45, 2.75) is 13.8 Å². The number of hydrogen-bond acceptors (Lipinski definition) is 0. The van der Waals surface area contributed by atoms with E-state index in [4.69, 9.17) is 33.2 Å². The zero-order valence-corrected chi connectivity index (χ0v) is 10.1. The monoisotopic (exact) mass is 238 g/mol. The van der Waals surface area contributed by atoms with E-state index in [-0.39, 0.29) is 0 Å². The van der Waals surface area contributed by atoms with E-state index >= 15 is 0 Å². The van der Waals surface area contributed by atoms with Crippen molar-refractivity contribution in [2.75, 3.05) is 0 Å².